The smallest absolute Gasteiger partial charge is 0.0346 e. The normalized spacial score (nSPS) is 15.3. The van der Waals surface area contributed by atoms with Gasteiger partial charge >= 0.3 is 0 Å². The predicted octanol–water partition coefficient (Wildman–Crippen LogP) is 4.02. The van der Waals surface area contributed by atoms with Crippen LogP contribution in [-0.2, 0) is 19.3 Å². The van der Waals surface area contributed by atoms with E-state index in [9.17, 15) is 0 Å². The fourth-order valence-electron chi connectivity index (χ4n) is 2.89. The van der Waals surface area contributed by atoms with Crippen LogP contribution in [-0.4, -0.2) is 0 Å². The molecule has 98 valence electrons. The molecule has 0 radical (unpaired) electrons. The van der Waals surface area contributed by atoms with Crippen LogP contribution >= 0.6 is 22.6 Å². The molecule has 0 saturated heterocycles. The van der Waals surface area contributed by atoms with Crippen LogP contribution in [0.15, 0.2) is 42.5 Å². The summed E-state index contributed by atoms with van der Waals surface area (Å²) in [6.45, 7) is 0. The Morgan fingerprint density at radius 3 is 2.68 bits per heavy atom. The van der Waals surface area contributed by atoms with E-state index in [1.165, 1.54) is 45.1 Å². The van der Waals surface area contributed by atoms with Gasteiger partial charge in [0.1, 0.15) is 0 Å². The molecular weight excluding hydrogens is 345 g/mol. The molecule has 1 aliphatic carbocycles. The van der Waals surface area contributed by atoms with Crippen LogP contribution in [0.4, 0.5) is 0 Å². The lowest BCUT2D eigenvalue weighted by molar-refractivity contribution is 0.717. The van der Waals surface area contributed by atoms with Crippen LogP contribution < -0.4 is 5.73 Å². The van der Waals surface area contributed by atoms with E-state index in [0.717, 1.165) is 6.42 Å². The van der Waals surface area contributed by atoms with Gasteiger partial charge in [0.25, 0.3) is 0 Å². The van der Waals surface area contributed by atoms with Crippen molar-refractivity contribution in [1.82, 2.24) is 0 Å². The van der Waals surface area contributed by atoms with Crippen molar-refractivity contribution in [2.45, 2.75) is 31.7 Å². The number of hydrogen-bond acceptors (Lipinski definition) is 1. The van der Waals surface area contributed by atoms with Crippen LogP contribution in [0.3, 0.4) is 0 Å². The van der Waals surface area contributed by atoms with Crippen molar-refractivity contribution in [1.29, 1.82) is 0 Å². The molecular formula is C17H18IN. The lowest BCUT2D eigenvalue weighted by Crippen LogP contribution is -2.14. The maximum Gasteiger partial charge on any atom is 0.0346 e. The summed E-state index contributed by atoms with van der Waals surface area (Å²) in [5.74, 6) is 0. The molecule has 0 amide bonds. The Bertz CT molecular complexity index is 592. The van der Waals surface area contributed by atoms with Crippen molar-refractivity contribution in [3.8, 4) is 0 Å². The quantitative estimate of drug-likeness (QED) is 0.819. The summed E-state index contributed by atoms with van der Waals surface area (Å²) < 4.78 is 1.26. The molecule has 0 spiro atoms. The highest BCUT2D eigenvalue weighted by Gasteiger charge is 2.14. The van der Waals surface area contributed by atoms with E-state index >= 15 is 0 Å². The lowest BCUT2D eigenvalue weighted by atomic mass is 9.97. The molecule has 0 fully saturated rings. The van der Waals surface area contributed by atoms with Crippen LogP contribution in [0.1, 0.15) is 34.7 Å². The van der Waals surface area contributed by atoms with Crippen LogP contribution in [0, 0.1) is 3.57 Å². The summed E-state index contributed by atoms with van der Waals surface area (Å²) in [6, 6.07) is 15.4. The van der Waals surface area contributed by atoms with Gasteiger partial charge in [-0.3, -0.25) is 0 Å². The Balaban J connectivity index is 1.80. The van der Waals surface area contributed by atoms with E-state index < -0.39 is 0 Å². The molecule has 0 aromatic heterocycles. The van der Waals surface area contributed by atoms with Crippen molar-refractivity contribution < 1.29 is 0 Å². The highest BCUT2D eigenvalue weighted by Crippen LogP contribution is 2.26. The Labute approximate surface area is 128 Å². The van der Waals surface area contributed by atoms with Gasteiger partial charge in [-0.15, -0.1) is 0 Å². The summed E-state index contributed by atoms with van der Waals surface area (Å²) in [4.78, 5) is 0. The van der Waals surface area contributed by atoms with Crippen molar-refractivity contribution in [3.63, 3.8) is 0 Å². The zero-order valence-corrected chi connectivity index (χ0v) is 13.1. The molecule has 2 heteroatoms. The minimum Gasteiger partial charge on any atom is -0.324 e. The number of fused-ring (bicyclic) bond motifs is 1. The average Bonchev–Trinajstić information content (AvgIpc) is 2.86. The Hall–Kier alpha value is -0.870. The third kappa shape index (κ3) is 2.84. The van der Waals surface area contributed by atoms with E-state index in [1.54, 1.807) is 0 Å². The number of hydrogen-bond donors (Lipinski definition) is 1. The first-order chi connectivity index (χ1) is 9.24. The van der Waals surface area contributed by atoms with Gasteiger partial charge in [0.2, 0.25) is 0 Å². The minimum absolute atomic E-state index is 0.0903. The maximum absolute atomic E-state index is 6.37. The van der Waals surface area contributed by atoms with Gasteiger partial charge in [0.05, 0.1) is 0 Å². The fourth-order valence-corrected chi connectivity index (χ4v) is 3.68. The Kier molecular flexibility index (Phi) is 3.89. The molecule has 1 unspecified atom stereocenters. The lowest BCUT2D eigenvalue weighted by Gasteiger charge is -2.14. The van der Waals surface area contributed by atoms with Crippen molar-refractivity contribution >= 4 is 22.6 Å². The number of halogens is 1. The highest BCUT2D eigenvalue weighted by atomic mass is 127. The SMILES string of the molecule is NC(Cc1ccc2c(c1)CCC2)c1ccccc1I. The minimum atomic E-state index is 0.0903. The first kappa shape index (κ1) is 13.1. The molecule has 0 saturated carbocycles. The Morgan fingerprint density at radius 1 is 1.05 bits per heavy atom. The number of benzene rings is 2. The van der Waals surface area contributed by atoms with Gasteiger partial charge in [-0.1, -0.05) is 36.4 Å². The third-order valence-electron chi connectivity index (χ3n) is 3.92. The molecule has 0 bridgehead atoms. The van der Waals surface area contributed by atoms with Crippen molar-refractivity contribution in [3.05, 3.63) is 68.3 Å². The first-order valence-electron chi connectivity index (χ1n) is 6.85. The number of rotatable bonds is 3. The van der Waals surface area contributed by atoms with Crippen LogP contribution in [0.5, 0.6) is 0 Å². The summed E-state index contributed by atoms with van der Waals surface area (Å²) in [5, 5.41) is 0. The van der Waals surface area contributed by atoms with Crippen LogP contribution in [0.25, 0.3) is 0 Å². The summed E-state index contributed by atoms with van der Waals surface area (Å²) in [7, 11) is 0. The molecule has 0 heterocycles. The van der Waals surface area contributed by atoms with Gasteiger partial charge < -0.3 is 5.73 Å². The van der Waals surface area contributed by atoms with Crippen molar-refractivity contribution in [2.75, 3.05) is 0 Å². The average molecular weight is 363 g/mol. The summed E-state index contributed by atoms with van der Waals surface area (Å²) >= 11 is 2.37. The van der Waals surface area contributed by atoms with E-state index in [4.69, 9.17) is 5.73 Å². The number of nitrogens with two attached hydrogens (primary N) is 1. The van der Waals surface area contributed by atoms with Crippen LogP contribution in [0.2, 0.25) is 0 Å². The predicted molar refractivity (Wildman–Crippen MR) is 88.3 cm³/mol. The first-order valence-corrected chi connectivity index (χ1v) is 7.92. The molecule has 3 rings (SSSR count). The second-order valence-corrected chi connectivity index (χ2v) is 6.45. The maximum atomic E-state index is 6.37. The zero-order valence-electron chi connectivity index (χ0n) is 10.9. The standard InChI is InChI=1S/C17H18IN/c18-16-7-2-1-6-15(16)17(19)11-12-8-9-13-4-3-5-14(13)10-12/h1-2,6-10,17H,3-5,11,19H2. The monoisotopic (exact) mass is 363 g/mol. The fraction of sp³-hybridized carbons (Fsp3) is 0.294. The summed E-state index contributed by atoms with van der Waals surface area (Å²) in [6.07, 6.45) is 4.72. The Morgan fingerprint density at radius 2 is 1.84 bits per heavy atom. The van der Waals surface area contributed by atoms with Gasteiger partial charge in [-0.25, -0.2) is 0 Å². The van der Waals surface area contributed by atoms with E-state index in [0.29, 0.717) is 0 Å². The number of aryl methyl sites for hydroxylation is 2. The molecule has 1 nitrogen and oxygen atoms in total. The molecule has 2 aromatic rings. The molecule has 2 aromatic carbocycles. The van der Waals surface area contributed by atoms with Gasteiger partial charge in [0, 0.05) is 9.61 Å². The van der Waals surface area contributed by atoms with Gasteiger partial charge in [-0.2, -0.15) is 0 Å². The molecule has 19 heavy (non-hydrogen) atoms. The molecule has 0 aliphatic heterocycles. The van der Waals surface area contributed by atoms with Crippen molar-refractivity contribution in [2.24, 2.45) is 5.73 Å². The second-order valence-electron chi connectivity index (χ2n) is 5.29. The van der Waals surface area contributed by atoms with Gasteiger partial charge in [-0.05, 0) is 76.6 Å². The third-order valence-corrected chi connectivity index (χ3v) is 4.91. The summed E-state index contributed by atoms with van der Waals surface area (Å²) in [5.41, 5.74) is 12.1. The van der Waals surface area contributed by atoms with E-state index in [2.05, 4.69) is 65.1 Å². The highest BCUT2D eigenvalue weighted by molar-refractivity contribution is 14.1. The van der Waals surface area contributed by atoms with E-state index in [-0.39, 0.29) is 6.04 Å². The zero-order chi connectivity index (χ0) is 13.2. The van der Waals surface area contributed by atoms with Gasteiger partial charge in [0.15, 0.2) is 0 Å². The molecule has 1 aliphatic rings. The largest absolute Gasteiger partial charge is 0.324 e. The molecule has 1 atom stereocenters. The second kappa shape index (κ2) is 5.63. The molecule has 2 N–H and O–H groups in total. The van der Waals surface area contributed by atoms with E-state index in [1.807, 2.05) is 0 Å². The topological polar surface area (TPSA) is 26.0 Å².